The highest BCUT2D eigenvalue weighted by atomic mass is 35.5. The number of hydrogen-bond acceptors (Lipinski definition) is 3. The lowest BCUT2D eigenvalue weighted by molar-refractivity contribution is -0.141. The number of rotatable bonds is 3. The van der Waals surface area contributed by atoms with Gasteiger partial charge in [-0.05, 0) is 19.1 Å². The Morgan fingerprint density at radius 3 is 2.68 bits per heavy atom. The highest BCUT2D eigenvalue weighted by molar-refractivity contribution is 6.36. The zero-order valence-electron chi connectivity index (χ0n) is 13.3. The number of alkyl halides is 3. The minimum absolute atomic E-state index is 0.217. The molecule has 3 heterocycles. The fourth-order valence-electron chi connectivity index (χ4n) is 2.34. The molecule has 0 saturated carbocycles. The van der Waals surface area contributed by atoms with Gasteiger partial charge in [0.05, 0.1) is 17.6 Å². The number of nitrogens with zero attached hydrogens (tertiary/aromatic N) is 4. The Labute approximate surface area is 145 Å². The van der Waals surface area contributed by atoms with Crippen LogP contribution >= 0.6 is 11.6 Å². The van der Waals surface area contributed by atoms with Crippen LogP contribution < -0.4 is 0 Å². The van der Waals surface area contributed by atoms with Crippen LogP contribution in [0.5, 0.6) is 0 Å². The number of fused-ring (bicyclic) bond motifs is 1. The van der Waals surface area contributed by atoms with Gasteiger partial charge < -0.3 is 4.98 Å². The molecule has 25 heavy (non-hydrogen) atoms. The van der Waals surface area contributed by atoms with Crippen molar-refractivity contribution in [1.29, 1.82) is 0 Å². The molecule has 0 fully saturated rings. The van der Waals surface area contributed by atoms with Crippen molar-refractivity contribution in [3.63, 3.8) is 0 Å². The molecule has 0 unspecified atom stereocenters. The average molecular weight is 368 g/mol. The van der Waals surface area contributed by atoms with Crippen molar-refractivity contribution < 1.29 is 13.2 Å². The fraction of sp³-hybridized carbons (Fsp3) is 0.188. The monoisotopic (exact) mass is 367 g/mol. The summed E-state index contributed by atoms with van der Waals surface area (Å²) in [4.78, 5) is 11.6. The Morgan fingerprint density at radius 1 is 1.36 bits per heavy atom. The molecule has 0 aliphatic heterocycles. The number of aromatic nitrogens is 5. The topological polar surface area (TPSA) is 59.4 Å². The van der Waals surface area contributed by atoms with Crippen molar-refractivity contribution in [2.45, 2.75) is 13.1 Å². The molecule has 0 aliphatic carbocycles. The summed E-state index contributed by atoms with van der Waals surface area (Å²) in [7, 11) is 1.42. The summed E-state index contributed by atoms with van der Waals surface area (Å²) in [6, 6.07) is 2.64. The Kier molecular flexibility index (Phi) is 4.16. The van der Waals surface area contributed by atoms with E-state index < -0.39 is 11.9 Å². The van der Waals surface area contributed by atoms with Crippen LogP contribution in [0.15, 0.2) is 36.0 Å². The maximum atomic E-state index is 12.8. The zero-order chi connectivity index (χ0) is 18.4. The Bertz CT molecular complexity index is 997. The van der Waals surface area contributed by atoms with E-state index in [9.17, 15) is 13.2 Å². The fourth-order valence-corrected chi connectivity index (χ4v) is 2.44. The number of aryl methyl sites for hydroxylation is 1. The molecule has 3 rings (SSSR count). The van der Waals surface area contributed by atoms with Crippen molar-refractivity contribution >= 4 is 28.3 Å². The van der Waals surface area contributed by atoms with Gasteiger partial charge in [-0.2, -0.15) is 18.3 Å². The molecule has 0 saturated heterocycles. The van der Waals surface area contributed by atoms with Gasteiger partial charge in [-0.3, -0.25) is 4.68 Å². The van der Waals surface area contributed by atoms with Gasteiger partial charge in [0.15, 0.2) is 11.3 Å². The molecule has 0 bridgehead atoms. The summed E-state index contributed by atoms with van der Waals surface area (Å²) in [6.45, 7) is 5.67. The second-order valence-corrected chi connectivity index (χ2v) is 5.73. The number of halogens is 4. The van der Waals surface area contributed by atoms with E-state index in [4.69, 9.17) is 11.6 Å². The maximum Gasteiger partial charge on any atom is 0.435 e. The minimum Gasteiger partial charge on any atom is -0.338 e. The molecule has 0 aliphatic rings. The molecule has 0 atom stereocenters. The Hall–Kier alpha value is -2.61. The molecule has 3 aromatic heterocycles. The number of allylic oxidation sites excluding steroid dienone is 3. The second kappa shape index (κ2) is 6.03. The van der Waals surface area contributed by atoms with Gasteiger partial charge in [-0.25, -0.2) is 9.97 Å². The number of aromatic amines is 1. The molecule has 3 aromatic rings. The quantitative estimate of drug-likeness (QED) is 0.692. The predicted molar refractivity (Wildman–Crippen MR) is 89.7 cm³/mol. The van der Waals surface area contributed by atoms with Crippen molar-refractivity contribution in [2.24, 2.45) is 7.05 Å². The molecule has 0 amide bonds. The third-order valence-electron chi connectivity index (χ3n) is 3.63. The number of H-pyrrole nitrogens is 1. The summed E-state index contributed by atoms with van der Waals surface area (Å²) in [6.07, 6.45) is -1.43. The van der Waals surface area contributed by atoms with Crippen LogP contribution in [0.25, 0.3) is 28.1 Å². The molecule has 1 N–H and O–H groups in total. The Balaban J connectivity index is 2.05. The molecule has 9 heteroatoms. The van der Waals surface area contributed by atoms with Crippen molar-refractivity contribution in [1.82, 2.24) is 24.7 Å². The SMILES string of the molecule is C=C(C(Cl)=CC)c1cc2nc(-c3cc(C(F)(F)F)nn3C)cnc2[nH]1. The van der Waals surface area contributed by atoms with Gasteiger partial charge >= 0.3 is 6.18 Å². The van der Waals surface area contributed by atoms with Crippen LogP contribution in [0.4, 0.5) is 13.2 Å². The third kappa shape index (κ3) is 3.17. The van der Waals surface area contributed by atoms with E-state index in [0.717, 1.165) is 10.7 Å². The summed E-state index contributed by atoms with van der Waals surface area (Å²) >= 11 is 6.05. The van der Waals surface area contributed by atoms with Crippen LogP contribution in [0.1, 0.15) is 18.3 Å². The van der Waals surface area contributed by atoms with Gasteiger partial charge in [-0.1, -0.05) is 24.3 Å². The summed E-state index contributed by atoms with van der Waals surface area (Å²) in [5.74, 6) is 0. The summed E-state index contributed by atoms with van der Waals surface area (Å²) < 4.78 is 39.5. The van der Waals surface area contributed by atoms with Crippen LogP contribution in [0.3, 0.4) is 0 Å². The first-order chi connectivity index (χ1) is 11.7. The Morgan fingerprint density at radius 2 is 2.08 bits per heavy atom. The van der Waals surface area contributed by atoms with Crippen LogP contribution in [0, 0.1) is 0 Å². The van der Waals surface area contributed by atoms with E-state index in [1.54, 1.807) is 19.1 Å². The van der Waals surface area contributed by atoms with E-state index in [0.29, 0.717) is 27.5 Å². The number of hydrogen-bond donors (Lipinski definition) is 1. The first kappa shape index (κ1) is 17.2. The minimum atomic E-state index is -4.52. The molecule has 5 nitrogen and oxygen atoms in total. The molecule has 130 valence electrons. The lowest BCUT2D eigenvalue weighted by atomic mass is 10.2. The first-order valence-electron chi connectivity index (χ1n) is 7.19. The molecule has 0 spiro atoms. The summed E-state index contributed by atoms with van der Waals surface area (Å²) in [5.41, 5.74) is 1.71. The zero-order valence-corrected chi connectivity index (χ0v) is 14.1. The largest absolute Gasteiger partial charge is 0.435 e. The van der Waals surface area contributed by atoms with Gasteiger partial charge in [0.1, 0.15) is 11.2 Å². The van der Waals surface area contributed by atoms with Crippen LogP contribution in [-0.2, 0) is 13.2 Å². The van der Waals surface area contributed by atoms with E-state index >= 15 is 0 Å². The van der Waals surface area contributed by atoms with E-state index in [1.165, 1.54) is 13.2 Å². The lowest BCUT2D eigenvalue weighted by Gasteiger charge is -2.00. The average Bonchev–Trinajstić information content (AvgIpc) is 3.15. The van der Waals surface area contributed by atoms with Gasteiger partial charge in [-0.15, -0.1) is 0 Å². The van der Waals surface area contributed by atoms with Gasteiger partial charge in [0, 0.05) is 17.7 Å². The lowest BCUT2D eigenvalue weighted by Crippen LogP contribution is -2.06. The van der Waals surface area contributed by atoms with E-state index in [-0.39, 0.29) is 11.4 Å². The van der Waals surface area contributed by atoms with Gasteiger partial charge in [0.25, 0.3) is 0 Å². The van der Waals surface area contributed by atoms with Crippen molar-refractivity contribution in [3.8, 4) is 11.4 Å². The summed E-state index contributed by atoms with van der Waals surface area (Å²) in [5, 5.41) is 3.96. The standard InChI is InChI=1S/C16H13ClF3N5/c1-4-9(17)8(2)10-5-11-15(23-10)21-7-12(22-11)13-6-14(16(18,19)20)24-25(13)3/h4-7H,2H2,1,3H3,(H,21,23). The van der Waals surface area contributed by atoms with Gasteiger partial charge in [0.2, 0.25) is 0 Å². The van der Waals surface area contributed by atoms with E-state index in [2.05, 4.69) is 26.6 Å². The van der Waals surface area contributed by atoms with Crippen LogP contribution in [0.2, 0.25) is 0 Å². The van der Waals surface area contributed by atoms with Crippen molar-refractivity contribution in [2.75, 3.05) is 0 Å². The van der Waals surface area contributed by atoms with Crippen molar-refractivity contribution in [3.05, 3.63) is 47.4 Å². The normalized spacial score (nSPS) is 12.8. The van der Waals surface area contributed by atoms with Crippen LogP contribution in [-0.4, -0.2) is 24.7 Å². The molecular weight excluding hydrogens is 355 g/mol. The molecular formula is C16H13ClF3N5. The predicted octanol–water partition coefficient (Wildman–Crippen LogP) is 4.53. The van der Waals surface area contributed by atoms with E-state index in [1.807, 2.05) is 0 Å². The number of nitrogens with one attached hydrogen (secondary N) is 1. The second-order valence-electron chi connectivity index (χ2n) is 5.32. The smallest absolute Gasteiger partial charge is 0.338 e. The maximum absolute atomic E-state index is 12.8. The molecule has 0 aromatic carbocycles. The highest BCUT2D eigenvalue weighted by Gasteiger charge is 2.34. The third-order valence-corrected chi connectivity index (χ3v) is 4.08. The molecule has 0 radical (unpaired) electrons. The first-order valence-corrected chi connectivity index (χ1v) is 7.57. The highest BCUT2D eigenvalue weighted by Crippen LogP contribution is 2.31.